The van der Waals surface area contributed by atoms with Crippen LogP contribution in [0.2, 0.25) is 0 Å². The minimum atomic E-state index is -0.553. The molecule has 2 amide bonds. The molecular formula is C31H43N3O7. The fourth-order valence-electron chi connectivity index (χ4n) is 5.52. The Morgan fingerprint density at radius 1 is 0.878 bits per heavy atom. The molecule has 5 N–H and O–H groups in total. The topological polar surface area (TPSA) is 141 Å². The molecular weight excluding hydrogens is 526 g/mol. The standard InChI is InChI=1S/C31H43N3O7/c35-20-23-10-12-24(13-11-23)28-17-27(19-34-16-4-5-26(34)21-36)40-31(41-28)25-14-8-22(9-15-25)18-32-29(37)6-2-1-3-7-30(38)33-39/h8-15,26-28,31,35-36,39H,1-7,16-21H2,(H,32,37)(H,33,38)/t26-,27-,28+,31+/m0/s1. The van der Waals surface area contributed by atoms with Gasteiger partial charge in [0.2, 0.25) is 11.8 Å². The molecule has 2 saturated heterocycles. The number of aliphatic hydroxyl groups excluding tert-OH is 2. The highest BCUT2D eigenvalue weighted by Crippen LogP contribution is 2.38. The highest BCUT2D eigenvalue weighted by Gasteiger charge is 2.35. The van der Waals surface area contributed by atoms with Gasteiger partial charge >= 0.3 is 0 Å². The lowest BCUT2D eigenvalue weighted by molar-refractivity contribution is -0.253. The van der Waals surface area contributed by atoms with Crippen LogP contribution in [0.15, 0.2) is 48.5 Å². The van der Waals surface area contributed by atoms with Crippen LogP contribution < -0.4 is 10.8 Å². The maximum absolute atomic E-state index is 12.2. The minimum absolute atomic E-state index is 0.00398. The number of unbranched alkanes of at least 4 members (excludes halogenated alkanes) is 2. The Bertz CT molecular complexity index is 1100. The molecule has 4 rings (SSSR count). The van der Waals surface area contributed by atoms with Crippen molar-refractivity contribution in [1.82, 2.24) is 15.7 Å². The summed E-state index contributed by atoms with van der Waals surface area (Å²) in [4.78, 5) is 25.6. The van der Waals surface area contributed by atoms with Crippen molar-refractivity contribution in [2.24, 2.45) is 0 Å². The van der Waals surface area contributed by atoms with Crippen molar-refractivity contribution in [2.45, 2.75) is 89.1 Å². The second-order valence-corrected chi connectivity index (χ2v) is 10.9. The zero-order valence-electron chi connectivity index (χ0n) is 23.5. The van der Waals surface area contributed by atoms with E-state index in [2.05, 4.69) is 10.2 Å². The van der Waals surface area contributed by atoms with Crippen LogP contribution in [0.5, 0.6) is 0 Å². The van der Waals surface area contributed by atoms with Crippen LogP contribution >= 0.6 is 0 Å². The minimum Gasteiger partial charge on any atom is -0.395 e. The van der Waals surface area contributed by atoms with Crippen molar-refractivity contribution in [1.29, 1.82) is 0 Å². The number of hydrogen-bond acceptors (Lipinski definition) is 8. The molecule has 10 nitrogen and oxygen atoms in total. The molecule has 0 radical (unpaired) electrons. The van der Waals surface area contributed by atoms with Crippen LogP contribution in [0.25, 0.3) is 0 Å². The molecule has 2 aliphatic rings. The van der Waals surface area contributed by atoms with Crippen molar-refractivity contribution in [2.75, 3.05) is 19.7 Å². The summed E-state index contributed by atoms with van der Waals surface area (Å²) in [6, 6.07) is 15.9. The maximum atomic E-state index is 12.2. The summed E-state index contributed by atoms with van der Waals surface area (Å²) in [6.07, 6.45) is 4.66. The van der Waals surface area contributed by atoms with Gasteiger partial charge in [-0.15, -0.1) is 0 Å². The average Bonchev–Trinajstić information content (AvgIpc) is 3.46. The van der Waals surface area contributed by atoms with Gasteiger partial charge in [-0.25, -0.2) is 5.48 Å². The van der Waals surface area contributed by atoms with Crippen LogP contribution in [0.3, 0.4) is 0 Å². The predicted molar refractivity (Wildman–Crippen MR) is 151 cm³/mol. The summed E-state index contributed by atoms with van der Waals surface area (Å²) in [5, 5.41) is 30.7. The third-order valence-electron chi connectivity index (χ3n) is 7.94. The van der Waals surface area contributed by atoms with Gasteiger partial charge in [-0.2, -0.15) is 0 Å². The molecule has 2 heterocycles. The molecule has 2 fully saturated rings. The van der Waals surface area contributed by atoms with E-state index in [0.29, 0.717) is 32.2 Å². The van der Waals surface area contributed by atoms with Gasteiger partial charge in [0.05, 0.1) is 25.4 Å². The van der Waals surface area contributed by atoms with E-state index >= 15 is 0 Å². The van der Waals surface area contributed by atoms with E-state index in [-0.39, 0.29) is 43.8 Å². The van der Waals surface area contributed by atoms with Crippen LogP contribution in [0, 0.1) is 0 Å². The van der Waals surface area contributed by atoms with Gasteiger partial charge in [0, 0.05) is 44.0 Å². The normalized spacial score (nSPS) is 22.9. The number of amides is 2. The van der Waals surface area contributed by atoms with Gasteiger partial charge in [-0.1, -0.05) is 55.0 Å². The summed E-state index contributed by atoms with van der Waals surface area (Å²) in [6.45, 7) is 2.25. The van der Waals surface area contributed by atoms with Gasteiger partial charge in [0.15, 0.2) is 6.29 Å². The van der Waals surface area contributed by atoms with Crippen LogP contribution in [-0.4, -0.2) is 64.0 Å². The lowest BCUT2D eigenvalue weighted by atomic mass is 9.99. The smallest absolute Gasteiger partial charge is 0.243 e. The molecule has 224 valence electrons. The molecule has 41 heavy (non-hydrogen) atoms. The molecule has 4 atom stereocenters. The molecule has 2 aromatic rings. The number of rotatable bonds is 14. The summed E-state index contributed by atoms with van der Waals surface area (Å²) in [5.74, 6) is -0.452. The van der Waals surface area contributed by atoms with Crippen molar-refractivity contribution in [3.05, 3.63) is 70.8 Å². The number of ether oxygens (including phenoxy) is 2. The number of aliphatic hydroxyl groups is 2. The first kappa shape index (κ1) is 31.1. The van der Waals surface area contributed by atoms with E-state index in [1.165, 1.54) is 0 Å². The lowest BCUT2D eigenvalue weighted by Crippen LogP contribution is -2.42. The largest absolute Gasteiger partial charge is 0.395 e. The number of carbonyl (C=O) groups is 2. The van der Waals surface area contributed by atoms with E-state index in [9.17, 15) is 19.8 Å². The zero-order chi connectivity index (χ0) is 29.0. The third-order valence-corrected chi connectivity index (χ3v) is 7.94. The summed E-state index contributed by atoms with van der Waals surface area (Å²) in [5.41, 5.74) is 5.36. The first-order chi connectivity index (χ1) is 20.0. The monoisotopic (exact) mass is 569 g/mol. The summed E-state index contributed by atoms with van der Waals surface area (Å²) < 4.78 is 12.9. The van der Waals surface area contributed by atoms with E-state index in [4.69, 9.17) is 14.7 Å². The lowest BCUT2D eigenvalue weighted by Gasteiger charge is -2.38. The predicted octanol–water partition coefficient (Wildman–Crippen LogP) is 3.25. The Labute approximate surface area is 241 Å². The quantitative estimate of drug-likeness (QED) is 0.133. The van der Waals surface area contributed by atoms with Crippen LogP contribution in [0.4, 0.5) is 0 Å². The molecule has 10 heteroatoms. The molecule has 0 spiro atoms. The fraction of sp³-hybridized carbons (Fsp3) is 0.548. The number of hydrogen-bond donors (Lipinski definition) is 5. The molecule has 0 aliphatic carbocycles. The average molecular weight is 570 g/mol. The van der Waals surface area contributed by atoms with E-state index in [1.807, 2.05) is 48.5 Å². The van der Waals surface area contributed by atoms with Gasteiger partial charge in [-0.05, 0) is 48.9 Å². The number of likely N-dealkylation sites (tertiary alicyclic amines) is 1. The Hall–Kier alpha value is -2.86. The summed E-state index contributed by atoms with van der Waals surface area (Å²) in [7, 11) is 0. The Kier molecular flexibility index (Phi) is 12.1. The number of carbonyl (C=O) groups excluding carboxylic acids is 2. The summed E-state index contributed by atoms with van der Waals surface area (Å²) >= 11 is 0. The highest BCUT2D eigenvalue weighted by atomic mass is 16.7. The van der Waals surface area contributed by atoms with Crippen molar-refractivity contribution in [3.8, 4) is 0 Å². The molecule has 2 aliphatic heterocycles. The van der Waals surface area contributed by atoms with E-state index in [1.54, 1.807) is 5.48 Å². The number of hydroxylamine groups is 1. The van der Waals surface area contributed by atoms with Crippen LogP contribution in [-0.2, 0) is 32.2 Å². The second-order valence-electron chi connectivity index (χ2n) is 10.9. The van der Waals surface area contributed by atoms with E-state index < -0.39 is 12.2 Å². The second kappa shape index (κ2) is 16.0. The van der Waals surface area contributed by atoms with E-state index in [0.717, 1.165) is 54.6 Å². The third kappa shape index (κ3) is 9.32. The van der Waals surface area contributed by atoms with Crippen molar-refractivity contribution < 1.29 is 34.5 Å². The van der Waals surface area contributed by atoms with Gasteiger partial charge in [-0.3, -0.25) is 19.7 Å². The number of benzene rings is 2. The number of nitrogens with zero attached hydrogens (tertiary/aromatic N) is 1. The molecule has 2 aromatic carbocycles. The molecule has 0 saturated carbocycles. The van der Waals surface area contributed by atoms with Crippen molar-refractivity contribution >= 4 is 11.8 Å². The fourth-order valence-corrected chi connectivity index (χ4v) is 5.52. The highest BCUT2D eigenvalue weighted by molar-refractivity contribution is 5.76. The first-order valence-corrected chi connectivity index (χ1v) is 14.6. The zero-order valence-corrected chi connectivity index (χ0v) is 23.5. The van der Waals surface area contributed by atoms with Gasteiger partial charge in [0.25, 0.3) is 0 Å². The maximum Gasteiger partial charge on any atom is 0.243 e. The van der Waals surface area contributed by atoms with Gasteiger partial charge in [0.1, 0.15) is 0 Å². The molecule has 0 unspecified atom stereocenters. The van der Waals surface area contributed by atoms with Gasteiger partial charge < -0.3 is 25.0 Å². The van der Waals surface area contributed by atoms with Crippen molar-refractivity contribution in [3.63, 3.8) is 0 Å². The van der Waals surface area contributed by atoms with Crippen LogP contribution in [0.1, 0.15) is 86.0 Å². The molecule has 0 aromatic heterocycles. The first-order valence-electron chi connectivity index (χ1n) is 14.6. The molecule has 0 bridgehead atoms. The Morgan fingerprint density at radius 3 is 2.24 bits per heavy atom. The Morgan fingerprint density at radius 2 is 1.56 bits per heavy atom. The Balaban J connectivity index is 1.33. The number of nitrogens with one attached hydrogen (secondary N) is 2. The SMILES string of the molecule is O=C(CCCCCC(=O)NCc1ccc([C@@H]2O[C@H](CN3CCC[C@H]3CO)C[C@H](c3ccc(CO)cc3)O2)cc1)NO.